The van der Waals surface area contributed by atoms with E-state index in [9.17, 15) is 14.4 Å². The van der Waals surface area contributed by atoms with E-state index in [1.807, 2.05) is 42.5 Å². The summed E-state index contributed by atoms with van der Waals surface area (Å²) in [7, 11) is 0. The Bertz CT molecular complexity index is 1110. The lowest BCUT2D eigenvalue weighted by atomic mass is 9.49. The summed E-state index contributed by atoms with van der Waals surface area (Å²) in [6.07, 6.45) is 7.78. The van der Waals surface area contributed by atoms with Crippen molar-refractivity contribution in [3.63, 3.8) is 0 Å². The largest absolute Gasteiger partial charge is 0.352 e. The van der Waals surface area contributed by atoms with Crippen LogP contribution in [0.4, 0.5) is 0 Å². The Morgan fingerprint density at radius 1 is 0.861 bits per heavy atom. The highest BCUT2D eigenvalue weighted by Gasteiger charge is 2.54. The molecule has 1 unspecified atom stereocenters. The molecule has 2 aromatic carbocycles. The first kappa shape index (κ1) is 23.3. The minimum Gasteiger partial charge on any atom is -0.352 e. The zero-order chi connectivity index (χ0) is 24.7. The summed E-state index contributed by atoms with van der Waals surface area (Å²) in [5.41, 5.74) is 2.45. The number of rotatable bonds is 7. The van der Waals surface area contributed by atoms with Gasteiger partial charge < -0.3 is 15.5 Å². The molecule has 4 saturated carbocycles. The Hall–Kier alpha value is -3.15. The quantitative estimate of drug-likeness (QED) is 0.621. The molecule has 0 radical (unpaired) electrons. The van der Waals surface area contributed by atoms with E-state index < -0.39 is 6.04 Å². The Morgan fingerprint density at radius 2 is 1.50 bits per heavy atom. The molecule has 5 aliphatic rings. The lowest BCUT2D eigenvalue weighted by molar-refractivity contribution is -0.146. The molecule has 2 N–H and O–H groups in total. The van der Waals surface area contributed by atoms with E-state index in [2.05, 4.69) is 10.6 Å². The molecule has 1 heterocycles. The number of hydrogen-bond acceptors (Lipinski definition) is 3. The Morgan fingerprint density at radius 3 is 2.14 bits per heavy atom. The number of carbonyl (C=O) groups excluding carboxylic acids is 3. The first-order valence-electron chi connectivity index (χ1n) is 13.5. The molecule has 2 aromatic rings. The minimum absolute atomic E-state index is 0.0313. The van der Waals surface area contributed by atoms with Gasteiger partial charge in [0.2, 0.25) is 11.8 Å². The molecular formula is C30H35N3O3. The number of carbonyl (C=O) groups is 3. The standard InChI is InChI=1S/C30H35N3O3/c34-27(32-26-10-11-33(28(26)35)19-21-4-2-1-3-5-21)25-8-6-20(7-9-25)18-31-29(36)30-15-22-12-23(16-30)14-24(13-22)17-30/h1-9,22-24,26H,10-19H2,(H,31,36)(H,32,34). The number of benzene rings is 2. The second kappa shape index (κ2) is 9.38. The normalized spacial score (nSPS) is 30.4. The van der Waals surface area contributed by atoms with Crippen LogP contribution in [-0.4, -0.2) is 35.2 Å². The minimum atomic E-state index is -0.486. The number of nitrogens with one attached hydrogen (secondary N) is 2. The molecule has 188 valence electrons. The molecule has 4 aliphatic carbocycles. The molecule has 1 atom stereocenters. The van der Waals surface area contributed by atoms with Crippen LogP contribution in [0.25, 0.3) is 0 Å². The summed E-state index contributed by atoms with van der Waals surface area (Å²) in [6.45, 7) is 1.69. The maximum Gasteiger partial charge on any atom is 0.251 e. The number of likely N-dealkylation sites (tertiary alicyclic amines) is 1. The molecule has 1 saturated heterocycles. The highest BCUT2D eigenvalue weighted by molar-refractivity contribution is 5.98. The van der Waals surface area contributed by atoms with Gasteiger partial charge in [-0.1, -0.05) is 42.5 Å². The monoisotopic (exact) mass is 485 g/mol. The third kappa shape index (κ3) is 4.54. The van der Waals surface area contributed by atoms with Gasteiger partial charge in [0.25, 0.3) is 5.91 Å². The van der Waals surface area contributed by atoms with Crippen LogP contribution >= 0.6 is 0 Å². The summed E-state index contributed by atoms with van der Waals surface area (Å²) < 4.78 is 0. The van der Waals surface area contributed by atoms with Crippen LogP contribution < -0.4 is 10.6 Å². The molecule has 6 nitrogen and oxygen atoms in total. The van der Waals surface area contributed by atoms with E-state index >= 15 is 0 Å². The first-order valence-corrected chi connectivity index (χ1v) is 13.5. The molecular weight excluding hydrogens is 450 g/mol. The van der Waals surface area contributed by atoms with Crippen molar-refractivity contribution in [3.8, 4) is 0 Å². The smallest absolute Gasteiger partial charge is 0.251 e. The molecule has 1 aliphatic heterocycles. The van der Waals surface area contributed by atoms with Crippen molar-refractivity contribution in [2.45, 2.75) is 64.1 Å². The molecule has 4 bridgehead atoms. The molecule has 0 aromatic heterocycles. The summed E-state index contributed by atoms with van der Waals surface area (Å²) >= 11 is 0. The van der Waals surface area contributed by atoms with E-state index in [-0.39, 0.29) is 23.1 Å². The Kier molecular flexibility index (Phi) is 6.06. The van der Waals surface area contributed by atoms with Crippen LogP contribution in [0.1, 0.15) is 66.4 Å². The maximum atomic E-state index is 13.2. The van der Waals surface area contributed by atoms with Gasteiger partial charge in [-0.2, -0.15) is 0 Å². The average molecular weight is 486 g/mol. The van der Waals surface area contributed by atoms with Gasteiger partial charge in [-0.15, -0.1) is 0 Å². The maximum absolute atomic E-state index is 13.2. The van der Waals surface area contributed by atoms with Crippen LogP contribution in [0.15, 0.2) is 54.6 Å². The molecule has 7 rings (SSSR count). The van der Waals surface area contributed by atoms with Crippen LogP contribution in [0, 0.1) is 23.2 Å². The SMILES string of the molecule is O=C(NC1CCN(Cc2ccccc2)C1=O)c1ccc(CNC(=O)C23CC4CC(CC(C4)C2)C3)cc1. The first-order chi connectivity index (χ1) is 17.5. The Balaban J connectivity index is 1.01. The zero-order valence-corrected chi connectivity index (χ0v) is 20.7. The van der Waals surface area contributed by atoms with Gasteiger partial charge in [-0.05, 0) is 86.0 Å². The van der Waals surface area contributed by atoms with Gasteiger partial charge in [0, 0.05) is 30.6 Å². The van der Waals surface area contributed by atoms with E-state index in [0.717, 1.165) is 48.1 Å². The van der Waals surface area contributed by atoms with Crippen molar-refractivity contribution >= 4 is 17.7 Å². The summed E-state index contributed by atoms with van der Waals surface area (Å²) in [5.74, 6) is 2.20. The fourth-order valence-electron chi connectivity index (χ4n) is 7.61. The van der Waals surface area contributed by atoms with Crippen molar-refractivity contribution in [1.82, 2.24) is 15.5 Å². The predicted octanol–water partition coefficient (Wildman–Crippen LogP) is 4.05. The van der Waals surface area contributed by atoms with Gasteiger partial charge in [0.1, 0.15) is 6.04 Å². The second-order valence-electron chi connectivity index (χ2n) is 11.6. The fraction of sp³-hybridized carbons (Fsp3) is 0.500. The van der Waals surface area contributed by atoms with Crippen molar-refractivity contribution < 1.29 is 14.4 Å². The van der Waals surface area contributed by atoms with Crippen molar-refractivity contribution in [2.75, 3.05) is 6.54 Å². The number of hydrogen-bond donors (Lipinski definition) is 2. The molecule has 0 spiro atoms. The number of amides is 3. The highest BCUT2D eigenvalue weighted by Crippen LogP contribution is 2.60. The lowest BCUT2D eigenvalue weighted by Gasteiger charge is -2.55. The van der Waals surface area contributed by atoms with Crippen molar-refractivity contribution in [3.05, 3.63) is 71.3 Å². The average Bonchev–Trinajstić information content (AvgIpc) is 3.21. The third-order valence-electron chi connectivity index (χ3n) is 9.01. The Labute approximate surface area is 212 Å². The topological polar surface area (TPSA) is 78.5 Å². The van der Waals surface area contributed by atoms with Crippen LogP contribution in [0.3, 0.4) is 0 Å². The molecule has 3 amide bonds. The number of nitrogens with zero attached hydrogens (tertiary/aromatic N) is 1. The van der Waals surface area contributed by atoms with E-state index in [4.69, 9.17) is 0 Å². The third-order valence-corrected chi connectivity index (χ3v) is 9.01. The predicted molar refractivity (Wildman–Crippen MR) is 137 cm³/mol. The van der Waals surface area contributed by atoms with Crippen molar-refractivity contribution in [1.29, 1.82) is 0 Å². The van der Waals surface area contributed by atoms with E-state index in [1.54, 1.807) is 17.0 Å². The summed E-state index contributed by atoms with van der Waals surface area (Å²) in [5, 5.41) is 6.11. The van der Waals surface area contributed by atoms with Gasteiger partial charge in [-0.3, -0.25) is 14.4 Å². The second-order valence-corrected chi connectivity index (χ2v) is 11.6. The van der Waals surface area contributed by atoms with Crippen LogP contribution in [0.5, 0.6) is 0 Å². The molecule has 36 heavy (non-hydrogen) atoms. The van der Waals surface area contributed by atoms with Crippen LogP contribution in [-0.2, 0) is 22.7 Å². The lowest BCUT2D eigenvalue weighted by Crippen LogP contribution is -2.53. The van der Waals surface area contributed by atoms with Gasteiger partial charge in [-0.25, -0.2) is 0 Å². The zero-order valence-electron chi connectivity index (χ0n) is 20.7. The van der Waals surface area contributed by atoms with Crippen molar-refractivity contribution in [2.24, 2.45) is 23.2 Å². The van der Waals surface area contributed by atoms with Gasteiger partial charge >= 0.3 is 0 Å². The highest BCUT2D eigenvalue weighted by atomic mass is 16.2. The van der Waals surface area contributed by atoms with Gasteiger partial charge in [0.05, 0.1) is 0 Å². The fourth-order valence-corrected chi connectivity index (χ4v) is 7.61. The molecule has 6 heteroatoms. The van der Waals surface area contributed by atoms with E-state index in [1.165, 1.54) is 19.3 Å². The molecule has 5 fully saturated rings. The van der Waals surface area contributed by atoms with E-state index in [0.29, 0.717) is 31.6 Å². The summed E-state index contributed by atoms with van der Waals surface area (Å²) in [4.78, 5) is 40.6. The summed E-state index contributed by atoms with van der Waals surface area (Å²) in [6, 6.07) is 16.8. The van der Waals surface area contributed by atoms with Gasteiger partial charge in [0.15, 0.2) is 0 Å². The van der Waals surface area contributed by atoms with Crippen LogP contribution in [0.2, 0.25) is 0 Å².